The van der Waals surface area contributed by atoms with Crippen molar-refractivity contribution >= 4 is 32.3 Å². The molecule has 0 aromatic heterocycles. The molecular formula is C8H12O7S2. The Bertz CT molecular complexity index is 421. The molecule has 2 fully saturated rings. The minimum atomic E-state index is -3.92. The maximum absolute atomic E-state index is 10.6. The third kappa shape index (κ3) is 3.86. The quantitative estimate of drug-likeness (QED) is 0.383. The molecule has 17 heavy (non-hydrogen) atoms. The highest BCUT2D eigenvalue weighted by Gasteiger charge is 2.76. The molecule has 98 valence electrons. The van der Waals surface area contributed by atoms with Gasteiger partial charge in [-0.15, -0.1) is 0 Å². The summed E-state index contributed by atoms with van der Waals surface area (Å²) in [6, 6.07) is 0. The second-order valence-electron chi connectivity index (χ2n) is 3.87. The van der Waals surface area contributed by atoms with Crippen LogP contribution in [0.25, 0.3) is 0 Å². The molecule has 1 saturated heterocycles. The highest BCUT2D eigenvalue weighted by Crippen LogP contribution is 2.51. The number of aliphatic carboxylic acids is 1. The Morgan fingerprint density at radius 2 is 1.76 bits per heavy atom. The Hall–Kier alpha value is -0.800. The number of carboxylic acids is 1. The van der Waals surface area contributed by atoms with Gasteiger partial charge < -0.3 is 14.8 Å². The van der Waals surface area contributed by atoms with E-state index in [1.54, 1.807) is 0 Å². The molecule has 2 N–H and O–H groups in total. The summed E-state index contributed by atoms with van der Waals surface area (Å²) in [6.45, 7) is 0. The van der Waals surface area contributed by atoms with Crippen LogP contribution in [-0.4, -0.2) is 51.2 Å². The first-order valence-corrected chi connectivity index (χ1v) is 7.88. The lowest BCUT2D eigenvalue weighted by Gasteiger charge is -1.99. The van der Waals surface area contributed by atoms with Crippen LogP contribution >= 0.6 is 0 Å². The van der Waals surface area contributed by atoms with Crippen LogP contribution in [0.2, 0.25) is 0 Å². The van der Waals surface area contributed by atoms with E-state index < -0.39 is 32.3 Å². The van der Waals surface area contributed by atoms with E-state index >= 15 is 0 Å². The SMILES string of the molecule is CS(=O)(=O)[O-].O=C(O)C1CCC2C1[S+]2C(=O)O. The maximum atomic E-state index is 10.6. The number of hydrogen-bond acceptors (Lipinski definition) is 5. The molecular weight excluding hydrogens is 272 g/mol. The zero-order valence-electron chi connectivity index (χ0n) is 8.90. The molecule has 4 atom stereocenters. The van der Waals surface area contributed by atoms with Gasteiger partial charge in [0.05, 0.1) is 10.1 Å². The monoisotopic (exact) mass is 284 g/mol. The van der Waals surface area contributed by atoms with Crippen molar-refractivity contribution in [3.63, 3.8) is 0 Å². The number of rotatable bonds is 1. The van der Waals surface area contributed by atoms with Gasteiger partial charge in [0.25, 0.3) is 0 Å². The molecule has 4 unspecified atom stereocenters. The first kappa shape index (κ1) is 14.3. The van der Waals surface area contributed by atoms with Crippen molar-refractivity contribution < 1.29 is 32.8 Å². The largest absolute Gasteiger partial charge is 0.748 e. The van der Waals surface area contributed by atoms with Crippen molar-refractivity contribution in [2.45, 2.75) is 23.3 Å². The Balaban J connectivity index is 0.000000249. The fraction of sp³-hybridized carbons (Fsp3) is 0.750. The summed E-state index contributed by atoms with van der Waals surface area (Å²) in [6.07, 6.45) is 2.06. The fourth-order valence-corrected chi connectivity index (χ4v) is 4.54. The minimum Gasteiger partial charge on any atom is -0.748 e. The van der Waals surface area contributed by atoms with Crippen molar-refractivity contribution in [3.05, 3.63) is 0 Å². The summed E-state index contributed by atoms with van der Waals surface area (Å²) in [5, 5.41) is 16.7. The highest BCUT2D eigenvalue weighted by atomic mass is 32.2. The molecule has 0 radical (unpaired) electrons. The molecule has 2 rings (SSSR count). The van der Waals surface area contributed by atoms with Gasteiger partial charge in [0.1, 0.15) is 16.8 Å². The van der Waals surface area contributed by atoms with Crippen molar-refractivity contribution in [2.24, 2.45) is 5.92 Å². The molecule has 9 heteroatoms. The van der Waals surface area contributed by atoms with Crippen LogP contribution in [-0.2, 0) is 25.8 Å². The van der Waals surface area contributed by atoms with Gasteiger partial charge in [0.2, 0.25) is 0 Å². The van der Waals surface area contributed by atoms with Crippen LogP contribution < -0.4 is 0 Å². The topological polar surface area (TPSA) is 132 Å². The third-order valence-electron chi connectivity index (χ3n) is 2.59. The zero-order valence-corrected chi connectivity index (χ0v) is 10.5. The van der Waals surface area contributed by atoms with Crippen LogP contribution in [0.4, 0.5) is 4.79 Å². The molecule has 0 amide bonds. The molecule has 0 bridgehead atoms. The molecule has 0 aromatic rings. The molecule has 0 aromatic carbocycles. The number of hydrogen-bond donors (Lipinski definition) is 2. The van der Waals surface area contributed by atoms with E-state index in [1.165, 1.54) is 0 Å². The van der Waals surface area contributed by atoms with Crippen LogP contribution in [0.5, 0.6) is 0 Å². The summed E-state index contributed by atoms with van der Waals surface area (Å²) in [4.78, 5) is 21.2. The lowest BCUT2D eigenvalue weighted by Crippen LogP contribution is -2.19. The molecule has 1 saturated carbocycles. The fourth-order valence-electron chi connectivity index (χ4n) is 2.02. The van der Waals surface area contributed by atoms with E-state index in [-0.39, 0.29) is 16.4 Å². The van der Waals surface area contributed by atoms with Crippen LogP contribution in [0.3, 0.4) is 0 Å². The summed E-state index contributed by atoms with van der Waals surface area (Å²) >= 11 is 0. The Morgan fingerprint density at radius 1 is 1.29 bits per heavy atom. The van der Waals surface area contributed by atoms with E-state index in [4.69, 9.17) is 23.2 Å². The summed E-state index contributed by atoms with van der Waals surface area (Å²) in [5.74, 6) is -1.20. The van der Waals surface area contributed by atoms with Crippen molar-refractivity contribution in [1.29, 1.82) is 0 Å². The van der Waals surface area contributed by atoms with Crippen molar-refractivity contribution in [3.8, 4) is 0 Å². The maximum Gasteiger partial charge on any atom is 0.523 e. The lowest BCUT2D eigenvalue weighted by molar-refractivity contribution is -0.141. The molecule has 0 spiro atoms. The first-order chi connectivity index (χ1) is 7.63. The summed E-state index contributed by atoms with van der Waals surface area (Å²) < 4.78 is 27.2. The summed E-state index contributed by atoms with van der Waals surface area (Å²) in [7, 11) is -4.54. The predicted molar refractivity (Wildman–Crippen MR) is 58.9 cm³/mol. The van der Waals surface area contributed by atoms with E-state index in [0.29, 0.717) is 12.7 Å². The normalized spacial score (nSPS) is 34.2. The average molecular weight is 284 g/mol. The Kier molecular flexibility index (Phi) is 4.05. The molecule has 1 aliphatic carbocycles. The number of fused-ring (bicyclic) bond motifs is 1. The molecule has 2 aliphatic rings. The van der Waals surface area contributed by atoms with Gasteiger partial charge in [-0.2, -0.15) is 4.79 Å². The van der Waals surface area contributed by atoms with Crippen LogP contribution in [0.15, 0.2) is 0 Å². The zero-order chi connectivity index (χ0) is 13.4. The molecule has 1 aliphatic heterocycles. The predicted octanol–water partition coefficient (Wildman–Crippen LogP) is -0.311. The summed E-state index contributed by atoms with van der Waals surface area (Å²) in [5.41, 5.74) is 0. The van der Waals surface area contributed by atoms with Gasteiger partial charge >= 0.3 is 11.3 Å². The smallest absolute Gasteiger partial charge is 0.523 e. The van der Waals surface area contributed by atoms with Gasteiger partial charge in [0.15, 0.2) is 10.5 Å². The molecule has 1 heterocycles. The van der Waals surface area contributed by atoms with Gasteiger partial charge in [0, 0.05) is 12.7 Å². The van der Waals surface area contributed by atoms with Gasteiger partial charge in [-0.25, -0.2) is 8.42 Å². The van der Waals surface area contributed by atoms with Gasteiger partial charge in [-0.3, -0.25) is 4.79 Å². The van der Waals surface area contributed by atoms with E-state index in [9.17, 15) is 9.59 Å². The highest BCUT2D eigenvalue weighted by molar-refractivity contribution is 8.17. The second-order valence-corrected chi connectivity index (χ2v) is 7.52. The first-order valence-electron chi connectivity index (χ1n) is 4.71. The molecule has 7 nitrogen and oxygen atoms in total. The van der Waals surface area contributed by atoms with Crippen LogP contribution in [0.1, 0.15) is 12.8 Å². The standard InChI is InChI=1S/C7H8O4S.CH4O3S/c8-6(9)3-1-2-4-5(3)12(4)7(10)11;1-5(2,3)4/h3-5H,1-2H2,(H-,8,9,10,11);1H3,(H,2,3,4). The van der Waals surface area contributed by atoms with Gasteiger partial charge in [-0.1, -0.05) is 0 Å². The lowest BCUT2D eigenvalue weighted by atomic mass is 10.1. The van der Waals surface area contributed by atoms with Crippen molar-refractivity contribution in [1.82, 2.24) is 0 Å². The average Bonchev–Trinajstić information content (AvgIpc) is 2.64. The van der Waals surface area contributed by atoms with Gasteiger partial charge in [-0.05, 0) is 6.42 Å². The van der Waals surface area contributed by atoms with E-state index in [2.05, 4.69) is 0 Å². The Morgan fingerprint density at radius 3 is 2.06 bits per heavy atom. The second kappa shape index (κ2) is 4.83. The Labute approximate surface area is 101 Å². The number of carboxylic acid groups (broad SMARTS) is 2. The van der Waals surface area contributed by atoms with E-state index in [0.717, 1.165) is 6.42 Å². The van der Waals surface area contributed by atoms with Crippen LogP contribution in [0, 0.1) is 5.92 Å². The minimum absolute atomic E-state index is 0.0417. The van der Waals surface area contributed by atoms with E-state index in [1.807, 2.05) is 0 Å². The van der Waals surface area contributed by atoms with Crippen molar-refractivity contribution in [2.75, 3.05) is 6.26 Å². The number of carbonyl (C=O) groups is 2. The third-order valence-corrected chi connectivity index (χ3v) is 5.10.